The number of aliphatic carboxylic acids is 1. The van der Waals surface area contributed by atoms with Crippen molar-refractivity contribution in [1.82, 2.24) is 4.90 Å². The predicted molar refractivity (Wildman–Crippen MR) is 100 cm³/mol. The van der Waals surface area contributed by atoms with Gasteiger partial charge in [0.1, 0.15) is 12.4 Å². The van der Waals surface area contributed by atoms with E-state index in [1.165, 1.54) is 0 Å². The highest BCUT2D eigenvalue weighted by Crippen LogP contribution is 2.23. The summed E-state index contributed by atoms with van der Waals surface area (Å²) in [5.74, 6) is -0.0839. The molecule has 0 saturated carbocycles. The molecular formula is C19H21Cl2NO3. The predicted octanol–water partition coefficient (Wildman–Crippen LogP) is 4.87. The molecule has 0 aliphatic rings. The maximum Gasteiger partial charge on any atom is 0.317 e. The number of hydrogen-bond acceptors (Lipinski definition) is 3. The van der Waals surface area contributed by atoms with Crippen molar-refractivity contribution in [2.45, 2.75) is 33.0 Å². The van der Waals surface area contributed by atoms with Crippen molar-refractivity contribution in [3.63, 3.8) is 0 Å². The van der Waals surface area contributed by atoms with Crippen LogP contribution >= 0.6 is 23.2 Å². The lowest BCUT2D eigenvalue weighted by Crippen LogP contribution is -2.35. The third-order valence-corrected chi connectivity index (χ3v) is 4.51. The molecule has 25 heavy (non-hydrogen) atoms. The molecule has 0 atom stereocenters. The summed E-state index contributed by atoms with van der Waals surface area (Å²) in [6, 6.07) is 13.2. The van der Waals surface area contributed by atoms with Crippen LogP contribution in [-0.2, 0) is 17.9 Å². The van der Waals surface area contributed by atoms with Crippen LogP contribution in [0.2, 0.25) is 10.0 Å². The summed E-state index contributed by atoms with van der Waals surface area (Å²) < 4.78 is 5.75. The molecule has 0 aromatic heterocycles. The summed E-state index contributed by atoms with van der Waals surface area (Å²) in [6.45, 7) is 4.97. The van der Waals surface area contributed by atoms with Crippen LogP contribution in [0.5, 0.6) is 5.75 Å². The van der Waals surface area contributed by atoms with Gasteiger partial charge in [0.15, 0.2) is 0 Å². The van der Waals surface area contributed by atoms with Gasteiger partial charge in [0, 0.05) is 12.6 Å². The minimum Gasteiger partial charge on any atom is -0.489 e. The van der Waals surface area contributed by atoms with Gasteiger partial charge < -0.3 is 9.84 Å². The van der Waals surface area contributed by atoms with E-state index in [0.29, 0.717) is 23.2 Å². The van der Waals surface area contributed by atoms with Crippen molar-refractivity contribution in [1.29, 1.82) is 0 Å². The van der Waals surface area contributed by atoms with Crippen LogP contribution in [0.1, 0.15) is 25.0 Å². The van der Waals surface area contributed by atoms with Gasteiger partial charge in [-0.25, -0.2) is 0 Å². The van der Waals surface area contributed by atoms with Gasteiger partial charge in [-0.3, -0.25) is 9.69 Å². The minimum atomic E-state index is -0.824. The first-order valence-electron chi connectivity index (χ1n) is 7.96. The number of halogens is 2. The molecule has 0 amide bonds. The van der Waals surface area contributed by atoms with E-state index < -0.39 is 5.97 Å². The van der Waals surface area contributed by atoms with Crippen LogP contribution < -0.4 is 4.74 Å². The largest absolute Gasteiger partial charge is 0.489 e. The molecule has 1 N–H and O–H groups in total. The molecule has 0 unspecified atom stereocenters. The number of carbonyl (C=O) groups is 1. The van der Waals surface area contributed by atoms with Crippen LogP contribution in [-0.4, -0.2) is 28.6 Å². The Morgan fingerprint density at radius 2 is 1.72 bits per heavy atom. The lowest BCUT2D eigenvalue weighted by Gasteiger charge is -2.24. The second kappa shape index (κ2) is 9.09. The van der Waals surface area contributed by atoms with Gasteiger partial charge >= 0.3 is 5.97 Å². The number of nitrogens with zero attached hydrogens (tertiary/aromatic N) is 1. The van der Waals surface area contributed by atoms with E-state index in [1.807, 2.05) is 49.1 Å². The smallest absolute Gasteiger partial charge is 0.317 e. The van der Waals surface area contributed by atoms with Crippen LogP contribution in [0.15, 0.2) is 42.5 Å². The Balaban J connectivity index is 1.94. The van der Waals surface area contributed by atoms with Crippen molar-refractivity contribution in [2.75, 3.05) is 6.54 Å². The molecule has 134 valence electrons. The summed E-state index contributed by atoms with van der Waals surface area (Å²) in [5.41, 5.74) is 1.97. The molecule has 0 heterocycles. The van der Waals surface area contributed by atoms with Gasteiger partial charge in [-0.15, -0.1) is 0 Å². The topological polar surface area (TPSA) is 49.8 Å². The summed E-state index contributed by atoms with van der Waals surface area (Å²) in [7, 11) is 0. The van der Waals surface area contributed by atoms with Crippen molar-refractivity contribution in [2.24, 2.45) is 0 Å². The van der Waals surface area contributed by atoms with Crippen LogP contribution in [0.25, 0.3) is 0 Å². The van der Waals surface area contributed by atoms with E-state index in [2.05, 4.69) is 0 Å². The molecule has 0 radical (unpaired) electrons. The summed E-state index contributed by atoms with van der Waals surface area (Å²) in [4.78, 5) is 12.8. The zero-order chi connectivity index (χ0) is 18.4. The Kier molecular flexibility index (Phi) is 7.12. The standard InChI is InChI=1S/C19H21Cl2NO3/c1-13(2)22(11-19(23)24)10-14-3-6-16(7-4-14)25-12-15-5-8-17(20)18(21)9-15/h3-9,13H,10-12H2,1-2H3,(H,23,24). The van der Waals surface area contributed by atoms with E-state index in [9.17, 15) is 4.79 Å². The summed E-state index contributed by atoms with van der Waals surface area (Å²) in [6.07, 6.45) is 0. The van der Waals surface area contributed by atoms with Crippen LogP contribution in [0.4, 0.5) is 0 Å². The van der Waals surface area contributed by atoms with Crippen LogP contribution in [0.3, 0.4) is 0 Å². The molecule has 2 rings (SSSR count). The second-order valence-corrected chi connectivity index (χ2v) is 6.89. The van der Waals surface area contributed by atoms with Gasteiger partial charge in [-0.1, -0.05) is 41.4 Å². The zero-order valence-electron chi connectivity index (χ0n) is 14.2. The second-order valence-electron chi connectivity index (χ2n) is 6.07. The molecule has 4 nitrogen and oxygen atoms in total. The van der Waals surface area contributed by atoms with Gasteiger partial charge in [0.05, 0.1) is 16.6 Å². The highest BCUT2D eigenvalue weighted by atomic mass is 35.5. The SMILES string of the molecule is CC(C)N(CC(=O)O)Cc1ccc(OCc2ccc(Cl)c(Cl)c2)cc1. The van der Waals surface area contributed by atoms with Crippen molar-refractivity contribution >= 4 is 29.2 Å². The maximum atomic E-state index is 10.9. The number of ether oxygens (including phenoxy) is 1. The Labute approximate surface area is 157 Å². The molecule has 2 aromatic rings. The molecule has 6 heteroatoms. The number of benzene rings is 2. The van der Waals surface area contributed by atoms with Crippen molar-refractivity contribution < 1.29 is 14.6 Å². The fraction of sp³-hybridized carbons (Fsp3) is 0.316. The highest BCUT2D eigenvalue weighted by molar-refractivity contribution is 6.42. The third kappa shape index (κ3) is 6.24. The first-order chi connectivity index (χ1) is 11.8. The number of rotatable bonds is 8. The quantitative estimate of drug-likeness (QED) is 0.708. The summed E-state index contributed by atoms with van der Waals surface area (Å²) in [5, 5.41) is 10.0. The van der Waals surface area contributed by atoms with E-state index in [0.717, 1.165) is 16.9 Å². The van der Waals surface area contributed by atoms with Crippen molar-refractivity contribution in [3.05, 3.63) is 63.6 Å². The lowest BCUT2D eigenvalue weighted by molar-refractivity contribution is -0.138. The molecular weight excluding hydrogens is 361 g/mol. The third-order valence-electron chi connectivity index (χ3n) is 3.77. The van der Waals surface area contributed by atoms with E-state index in [-0.39, 0.29) is 12.6 Å². The van der Waals surface area contributed by atoms with Gasteiger partial charge in [0.2, 0.25) is 0 Å². The molecule has 0 aliphatic carbocycles. The van der Waals surface area contributed by atoms with Gasteiger partial charge in [-0.2, -0.15) is 0 Å². The Morgan fingerprint density at radius 1 is 1.08 bits per heavy atom. The molecule has 0 spiro atoms. The molecule has 0 aliphatic heterocycles. The Hall–Kier alpha value is -1.75. The molecule has 0 fully saturated rings. The Morgan fingerprint density at radius 3 is 2.28 bits per heavy atom. The monoisotopic (exact) mass is 381 g/mol. The number of carboxylic acid groups (broad SMARTS) is 1. The van der Waals surface area contributed by atoms with E-state index in [1.54, 1.807) is 12.1 Å². The van der Waals surface area contributed by atoms with E-state index in [4.69, 9.17) is 33.0 Å². The fourth-order valence-corrected chi connectivity index (χ4v) is 2.64. The maximum absolute atomic E-state index is 10.9. The number of carboxylic acids is 1. The molecule has 0 saturated heterocycles. The normalized spacial score (nSPS) is 11.1. The van der Waals surface area contributed by atoms with Gasteiger partial charge in [0.25, 0.3) is 0 Å². The highest BCUT2D eigenvalue weighted by Gasteiger charge is 2.13. The van der Waals surface area contributed by atoms with Gasteiger partial charge in [-0.05, 0) is 49.2 Å². The first kappa shape index (κ1) is 19.6. The van der Waals surface area contributed by atoms with Crippen LogP contribution in [0, 0.1) is 0 Å². The molecule has 2 aromatic carbocycles. The lowest BCUT2D eigenvalue weighted by atomic mass is 10.2. The minimum absolute atomic E-state index is 0.0211. The van der Waals surface area contributed by atoms with Crippen molar-refractivity contribution in [3.8, 4) is 5.75 Å². The summed E-state index contributed by atoms with van der Waals surface area (Å²) >= 11 is 11.9. The average molecular weight is 382 g/mol. The number of hydrogen-bond donors (Lipinski definition) is 1. The fourth-order valence-electron chi connectivity index (χ4n) is 2.32. The Bertz CT molecular complexity index is 717. The average Bonchev–Trinajstić information content (AvgIpc) is 2.56. The molecule has 0 bridgehead atoms. The zero-order valence-corrected chi connectivity index (χ0v) is 15.7. The first-order valence-corrected chi connectivity index (χ1v) is 8.72. The van der Waals surface area contributed by atoms with E-state index >= 15 is 0 Å².